The van der Waals surface area contributed by atoms with E-state index in [9.17, 15) is 4.79 Å². The first kappa shape index (κ1) is 11.5. The Bertz CT molecular complexity index is 390. The van der Waals surface area contributed by atoms with Crippen molar-refractivity contribution in [2.75, 3.05) is 11.4 Å². The molecule has 4 nitrogen and oxygen atoms in total. The smallest absolute Gasteiger partial charge is 0.229 e. The predicted molar refractivity (Wildman–Crippen MR) is 67.0 cm³/mol. The molecule has 0 N–H and O–H groups in total. The van der Waals surface area contributed by atoms with E-state index in [1.165, 1.54) is 0 Å². The van der Waals surface area contributed by atoms with Crippen LogP contribution in [0, 0.1) is 0 Å². The summed E-state index contributed by atoms with van der Waals surface area (Å²) >= 11 is 4.36. The Kier molecular flexibility index (Phi) is 3.23. The number of anilines is 1. The topological polar surface area (TPSA) is 38.1 Å². The molecule has 0 spiro atoms. The van der Waals surface area contributed by atoms with Crippen molar-refractivity contribution in [3.63, 3.8) is 0 Å². The maximum atomic E-state index is 11.8. The molecule has 0 bridgehead atoms. The Morgan fingerprint density at radius 1 is 1.69 bits per heavy atom. The molecule has 5 heteroatoms. The average molecular weight is 239 g/mol. The highest BCUT2D eigenvalue weighted by Crippen LogP contribution is 2.26. The van der Waals surface area contributed by atoms with Crippen LogP contribution in [-0.2, 0) is 4.79 Å². The highest BCUT2D eigenvalue weighted by Gasteiger charge is 2.30. The van der Waals surface area contributed by atoms with Crippen molar-refractivity contribution in [1.29, 1.82) is 0 Å². The lowest BCUT2D eigenvalue weighted by atomic mass is 10.3. The van der Waals surface area contributed by atoms with Crippen molar-refractivity contribution >= 4 is 24.4 Å². The lowest BCUT2D eigenvalue weighted by Crippen LogP contribution is -2.28. The van der Waals surface area contributed by atoms with E-state index in [1.54, 1.807) is 11.1 Å². The van der Waals surface area contributed by atoms with Crippen LogP contribution < -0.4 is 4.90 Å². The van der Waals surface area contributed by atoms with Crippen molar-refractivity contribution in [3.8, 4) is 0 Å². The van der Waals surface area contributed by atoms with Crippen LogP contribution in [0.4, 0.5) is 5.82 Å². The molecule has 88 valence electrons. The minimum Gasteiger partial charge on any atom is -0.296 e. The second-order valence-electron chi connectivity index (χ2n) is 4.25. The minimum atomic E-state index is 0.144. The van der Waals surface area contributed by atoms with Crippen molar-refractivity contribution in [2.24, 2.45) is 0 Å². The molecule has 1 saturated heterocycles. The van der Waals surface area contributed by atoms with Crippen molar-refractivity contribution < 1.29 is 4.79 Å². The Hall–Kier alpha value is -0.970. The first-order valence-electron chi connectivity index (χ1n) is 5.65. The number of hydrogen-bond donors (Lipinski definition) is 1. The van der Waals surface area contributed by atoms with Crippen LogP contribution in [0.1, 0.15) is 32.7 Å². The fourth-order valence-corrected chi connectivity index (χ4v) is 2.26. The van der Waals surface area contributed by atoms with Crippen LogP contribution in [0.2, 0.25) is 0 Å². The summed E-state index contributed by atoms with van der Waals surface area (Å²) in [6.07, 6.45) is 3.27. The summed E-state index contributed by atoms with van der Waals surface area (Å²) in [5.74, 6) is 1.04. The van der Waals surface area contributed by atoms with Gasteiger partial charge in [-0.3, -0.25) is 9.69 Å². The first-order chi connectivity index (χ1) is 7.63. The fraction of sp³-hybridized carbons (Fsp3) is 0.636. The third kappa shape index (κ3) is 1.96. The summed E-state index contributed by atoms with van der Waals surface area (Å²) in [4.78, 5) is 13.6. The summed E-state index contributed by atoms with van der Waals surface area (Å²) in [7, 11) is 0. The molecule has 2 rings (SSSR count). The summed E-state index contributed by atoms with van der Waals surface area (Å²) in [5.41, 5.74) is 0. The molecule has 2 unspecified atom stereocenters. The lowest BCUT2D eigenvalue weighted by molar-refractivity contribution is -0.117. The van der Waals surface area contributed by atoms with E-state index >= 15 is 0 Å². The first-order valence-corrected chi connectivity index (χ1v) is 6.17. The SMILES string of the molecule is CCC(C)n1nccc1N1CC(S)CC1=O. The zero-order valence-corrected chi connectivity index (χ0v) is 10.5. The number of amides is 1. The number of carbonyl (C=O) groups is 1. The molecule has 1 aliphatic heterocycles. The minimum absolute atomic E-state index is 0.144. The third-order valence-corrected chi connectivity index (χ3v) is 3.38. The molecule has 0 saturated carbocycles. The quantitative estimate of drug-likeness (QED) is 0.818. The van der Waals surface area contributed by atoms with Gasteiger partial charge in [0.2, 0.25) is 5.91 Å². The number of hydrogen-bond acceptors (Lipinski definition) is 3. The molecule has 1 aromatic rings. The number of thiol groups is 1. The molecule has 1 aromatic heterocycles. The molecule has 2 atom stereocenters. The van der Waals surface area contributed by atoms with Crippen molar-refractivity contribution in [2.45, 2.75) is 38.0 Å². The van der Waals surface area contributed by atoms with E-state index in [1.807, 2.05) is 10.7 Å². The molecule has 1 aliphatic rings. The second kappa shape index (κ2) is 4.49. The van der Waals surface area contributed by atoms with Gasteiger partial charge in [-0.25, -0.2) is 4.68 Å². The number of aromatic nitrogens is 2. The van der Waals surface area contributed by atoms with Gasteiger partial charge in [0.15, 0.2) is 0 Å². The number of nitrogens with zero attached hydrogens (tertiary/aromatic N) is 3. The molecular formula is C11H17N3OS. The Labute approximate surface area is 101 Å². The number of carbonyl (C=O) groups excluding carboxylic acids is 1. The molecule has 1 fully saturated rings. The second-order valence-corrected chi connectivity index (χ2v) is 4.98. The maximum Gasteiger partial charge on any atom is 0.229 e. The summed E-state index contributed by atoms with van der Waals surface area (Å²) in [6, 6.07) is 2.22. The largest absolute Gasteiger partial charge is 0.296 e. The molecule has 0 aliphatic carbocycles. The molecule has 2 heterocycles. The average Bonchev–Trinajstić information content (AvgIpc) is 2.83. The van der Waals surface area contributed by atoms with Gasteiger partial charge < -0.3 is 0 Å². The molecular weight excluding hydrogens is 222 g/mol. The summed E-state index contributed by atoms with van der Waals surface area (Å²) in [5, 5.41) is 4.43. The summed E-state index contributed by atoms with van der Waals surface area (Å²) < 4.78 is 1.92. The van der Waals surface area contributed by atoms with Gasteiger partial charge >= 0.3 is 0 Å². The van der Waals surface area contributed by atoms with Crippen LogP contribution in [0.5, 0.6) is 0 Å². The van der Waals surface area contributed by atoms with E-state index < -0.39 is 0 Å². The van der Waals surface area contributed by atoms with E-state index in [4.69, 9.17) is 0 Å². The molecule has 16 heavy (non-hydrogen) atoms. The van der Waals surface area contributed by atoms with Gasteiger partial charge in [0.05, 0.1) is 12.2 Å². The van der Waals surface area contributed by atoms with Crippen LogP contribution in [-0.4, -0.2) is 27.5 Å². The van der Waals surface area contributed by atoms with Gasteiger partial charge in [0.1, 0.15) is 5.82 Å². The van der Waals surface area contributed by atoms with Crippen LogP contribution in [0.25, 0.3) is 0 Å². The monoisotopic (exact) mass is 239 g/mol. The normalized spacial score (nSPS) is 22.8. The highest BCUT2D eigenvalue weighted by molar-refractivity contribution is 7.81. The van der Waals surface area contributed by atoms with E-state index in [2.05, 4.69) is 31.6 Å². The van der Waals surface area contributed by atoms with Crippen molar-refractivity contribution in [1.82, 2.24) is 9.78 Å². The molecule has 0 aromatic carbocycles. The van der Waals surface area contributed by atoms with Crippen LogP contribution >= 0.6 is 12.6 Å². The van der Waals surface area contributed by atoms with Gasteiger partial charge in [-0.2, -0.15) is 17.7 Å². The van der Waals surface area contributed by atoms with E-state index in [0.717, 1.165) is 12.2 Å². The standard InChI is InChI=1S/C11H17N3OS/c1-3-8(2)14-10(4-5-12-14)13-7-9(16)6-11(13)15/h4-5,8-9,16H,3,6-7H2,1-2H3. The van der Waals surface area contributed by atoms with Gasteiger partial charge in [-0.1, -0.05) is 6.92 Å². The van der Waals surface area contributed by atoms with Crippen LogP contribution in [0.3, 0.4) is 0 Å². The predicted octanol–water partition coefficient (Wildman–Crippen LogP) is 1.89. The number of rotatable bonds is 3. The van der Waals surface area contributed by atoms with Gasteiger partial charge in [-0.05, 0) is 13.3 Å². The maximum absolute atomic E-state index is 11.8. The lowest BCUT2D eigenvalue weighted by Gasteiger charge is -2.20. The van der Waals surface area contributed by atoms with Gasteiger partial charge in [-0.15, -0.1) is 0 Å². The van der Waals surface area contributed by atoms with Gasteiger partial charge in [0, 0.05) is 24.3 Å². The summed E-state index contributed by atoms with van der Waals surface area (Å²) in [6.45, 7) is 4.91. The Morgan fingerprint density at radius 2 is 2.44 bits per heavy atom. The zero-order valence-electron chi connectivity index (χ0n) is 9.63. The molecule has 1 amide bonds. The Balaban J connectivity index is 2.27. The molecule has 0 radical (unpaired) electrons. The van der Waals surface area contributed by atoms with Crippen molar-refractivity contribution in [3.05, 3.63) is 12.3 Å². The van der Waals surface area contributed by atoms with E-state index in [0.29, 0.717) is 19.0 Å². The highest BCUT2D eigenvalue weighted by atomic mass is 32.1. The zero-order chi connectivity index (χ0) is 11.7. The fourth-order valence-electron chi connectivity index (χ4n) is 1.94. The third-order valence-electron chi connectivity index (χ3n) is 3.04. The Morgan fingerprint density at radius 3 is 3.00 bits per heavy atom. The van der Waals surface area contributed by atoms with Crippen LogP contribution in [0.15, 0.2) is 12.3 Å². The van der Waals surface area contributed by atoms with Gasteiger partial charge in [0.25, 0.3) is 0 Å². The van der Waals surface area contributed by atoms with E-state index in [-0.39, 0.29) is 11.2 Å².